The lowest BCUT2D eigenvalue weighted by Crippen LogP contribution is -2.20. The van der Waals surface area contributed by atoms with Crippen LogP contribution in [0.25, 0.3) is 6.08 Å². The monoisotopic (exact) mass is 378 g/mol. The minimum absolute atomic E-state index is 0.0101. The minimum Gasteiger partial charge on any atom is -0.497 e. The Morgan fingerprint density at radius 3 is 2.56 bits per heavy atom. The number of nitrogens with zero attached hydrogens (tertiary/aromatic N) is 1. The molecule has 7 nitrogen and oxygen atoms in total. The van der Waals surface area contributed by atoms with Crippen LogP contribution < -0.4 is 14.8 Å². The van der Waals surface area contributed by atoms with Gasteiger partial charge < -0.3 is 14.8 Å². The van der Waals surface area contributed by atoms with Crippen molar-refractivity contribution in [2.45, 2.75) is 13.2 Å². The molecule has 0 aliphatic rings. The van der Waals surface area contributed by atoms with Crippen LogP contribution in [0, 0.1) is 10.1 Å². The molecule has 2 rings (SSSR count). The lowest BCUT2D eigenvalue weighted by atomic mass is 10.1. The van der Waals surface area contributed by atoms with Crippen LogP contribution in [-0.4, -0.2) is 24.6 Å². The van der Waals surface area contributed by atoms with Crippen LogP contribution in [0.15, 0.2) is 48.5 Å². The fourth-order valence-electron chi connectivity index (χ4n) is 2.14. The maximum absolute atomic E-state index is 12.5. The lowest BCUT2D eigenvalue weighted by molar-refractivity contribution is -0.384. The van der Waals surface area contributed by atoms with Crippen LogP contribution in [0.2, 0.25) is 0 Å². The van der Waals surface area contributed by atoms with Gasteiger partial charge in [-0.15, -0.1) is 0 Å². The van der Waals surface area contributed by atoms with Gasteiger partial charge in [-0.3, -0.25) is 14.9 Å². The van der Waals surface area contributed by atoms with Gasteiger partial charge in [0.15, 0.2) is 0 Å². The summed E-state index contributed by atoms with van der Waals surface area (Å²) in [4.78, 5) is 22.1. The molecule has 142 valence electrons. The average Bonchev–Trinajstić information content (AvgIpc) is 2.65. The Hall–Kier alpha value is -3.49. The summed E-state index contributed by atoms with van der Waals surface area (Å²) in [7, 11) is 1.54. The smallest absolute Gasteiger partial charge is 0.387 e. The van der Waals surface area contributed by atoms with Crippen molar-refractivity contribution in [3.05, 3.63) is 69.8 Å². The highest BCUT2D eigenvalue weighted by molar-refractivity contribution is 5.92. The number of nitro benzene ring substituents is 1. The van der Waals surface area contributed by atoms with E-state index < -0.39 is 17.4 Å². The zero-order chi connectivity index (χ0) is 19.8. The molecule has 2 aromatic carbocycles. The molecule has 0 spiro atoms. The molecule has 0 heterocycles. The normalized spacial score (nSPS) is 10.8. The maximum atomic E-state index is 12.5. The third-order valence-corrected chi connectivity index (χ3v) is 3.46. The van der Waals surface area contributed by atoms with Crippen molar-refractivity contribution in [1.82, 2.24) is 5.32 Å². The molecule has 0 radical (unpaired) electrons. The summed E-state index contributed by atoms with van der Waals surface area (Å²) in [6.07, 6.45) is 2.26. The van der Waals surface area contributed by atoms with Gasteiger partial charge >= 0.3 is 6.61 Å². The molecule has 9 heteroatoms. The minimum atomic E-state index is -3.09. The van der Waals surface area contributed by atoms with Crippen LogP contribution >= 0.6 is 0 Å². The molecular formula is C18H16F2N2O5. The number of amides is 1. The molecule has 2 aromatic rings. The predicted molar refractivity (Wildman–Crippen MR) is 93.6 cm³/mol. The fourth-order valence-corrected chi connectivity index (χ4v) is 2.14. The van der Waals surface area contributed by atoms with E-state index in [2.05, 4.69) is 10.1 Å². The van der Waals surface area contributed by atoms with Crippen LogP contribution in [0.1, 0.15) is 11.1 Å². The van der Waals surface area contributed by atoms with Gasteiger partial charge in [0, 0.05) is 30.3 Å². The number of halogens is 2. The van der Waals surface area contributed by atoms with E-state index in [-0.39, 0.29) is 23.5 Å². The molecule has 0 atom stereocenters. The third-order valence-electron chi connectivity index (χ3n) is 3.46. The summed E-state index contributed by atoms with van der Waals surface area (Å²) in [6.45, 7) is -2.86. The van der Waals surface area contributed by atoms with Gasteiger partial charge in [-0.1, -0.05) is 12.1 Å². The van der Waals surface area contributed by atoms with Gasteiger partial charge in [0.1, 0.15) is 11.5 Å². The van der Waals surface area contributed by atoms with Gasteiger partial charge in [0.2, 0.25) is 5.91 Å². The number of methoxy groups -OCH3 is 1. The van der Waals surface area contributed by atoms with E-state index in [9.17, 15) is 23.7 Å². The van der Waals surface area contributed by atoms with E-state index in [4.69, 9.17) is 4.74 Å². The van der Waals surface area contributed by atoms with Crippen molar-refractivity contribution in [2.24, 2.45) is 0 Å². The van der Waals surface area contributed by atoms with Crippen molar-refractivity contribution in [2.75, 3.05) is 7.11 Å². The average molecular weight is 378 g/mol. The Morgan fingerprint density at radius 2 is 1.96 bits per heavy atom. The third kappa shape index (κ3) is 6.07. The first kappa shape index (κ1) is 19.8. The van der Waals surface area contributed by atoms with Crippen molar-refractivity contribution in [3.63, 3.8) is 0 Å². The van der Waals surface area contributed by atoms with Gasteiger partial charge in [-0.2, -0.15) is 8.78 Å². The Balaban J connectivity index is 2.06. The van der Waals surface area contributed by atoms with Gasteiger partial charge in [-0.25, -0.2) is 0 Å². The van der Waals surface area contributed by atoms with Crippen molar-refractivity contribution >= 4 is 17.7 Å². The maximum Gasteiger partial charge on any atom is 0.387 e. The quantitative estimate of drug-likeness (QED) is 0.431. The van der Waals surface area contributed by atoms with E-state index in [0.29, 0.717) is 5.75 Å². The molecule has 0 bridgehead atoms. The van der Waals surface area contributed by atoms with Crippen molar-refractivity contribution in [1.29, 1.82) is 0 Å². The zero-order valence-corrected chi connectivity index (χ0v) is 14.2. The van der Waals surface area contributed by atoms with Gasteiger partial charge in [0.05, 0.1) is 12.0 Å². The summed E-state index contributed by atoms with van der Waals surface area (Å²) in [5.41, 5.74) is 0.508. The summed E-state index contributed by atoms with van der Waals surface area (Å²) in [5.74, 6) is -0.0858. The Labute approximate surface area is 153 Å². The first-order valence-electron chi connectivity index (χ1n) is 7.71. The number of carbonyl (C=O) groups excluding carboxylic acids is 1. The second kappa shape index (κ2) is 9.27. The standard InChI is InChI=1S/C18H16F2N2O5/c1-26-15-6-2-12(3-7-15)11-21-17(23)9-4-13-10-14(22(24)25)5-8-16(13)27-18(19)20/h2-10,18H,11H2,1H3,(H,21,23)/b9-4+. The predicted octanol–water partition coefficient (Wildman–Crippen LogP) is 3.53. The first-order chi connectivity index (χ1) is 12.9. The molecule has 1 amide bonds. The number of non-ortho nitro benzene ring substituents is 1. The van der Waals surface area contributed by atoms with E-state index in [1.807, 2.05) is 0 Å². The van der Waals surface area contributed by atoms with Crippen LogP contribution in [0.5, 0.6) is 11.5 Å². The number of nitrogens with one attached hydrogen (secondary N) is 1. The fraction of sp³-hybridized carbons (Fsp3) is 0.167. The van der Waals surface area contributed by atoms with Crippen LogP contribution in [-0.2, 0) is 11.3 Å². The molecule has 1 N–H and O–H groups in total. The molecule has 0 aliphatic carbocycles. The number of nitro groups is 1. The van der Waals surface area contributed by atoms with Crippen molar-refractivity contribution < 1.29 is 28.0 Å². The Bertz CT molecular complexity index is 838. The van der Waals surface area contributed by atoms with Crippen LogP contribution in [0.3, 0.4) is 0 Å². The molecule has 0 aromatic heterocycles. The highest BCUT2D eigenvalue weighted by Crippen LogP contribution is 2.26. The number of hydrogen-bond donors (Lipinski definition) is 1. The number of benzene rings is 2. The second-order valence-electron chi connectivity index (χ2n) is 5.26. The number of rotatable bonds is 8. The SMILES string of the molecule is COc1ccc(CNC(=O)/C=C/c2cc([N+](=O)[O-])ccc2OC(F)F)cc1. The topological polar surface area (TPSA) is 90.7 Å². The van der Waals surface area contributed by atoms with Gasteiger partial charge in [-0.05, 0) is 29.8 Å². The molecule has 0 fully saturated rings. The summed E-state index contributed by atoms with van der Waals surface area (Å²) >= 11 is 0. The largest absolute Gasteiger partial charge is 0.497 e. The molecular weight excluding hydrogens is 362 g/mol. The summed E-state index contributed by atoms with van der Waals surface area (Å²) in [5, 5.41) is 13.4. The van der Waals surface area contributed by atoms with Crippen LogP contribution in [0.4, 0.5) is 14.5 Å². The van der Waals surface area contributed by atoms with E-state index in [1.165, 1.54) is 6.08 Å². The Kier molecular flexibility index (Phi) is 6.81. The number of carbonyl (C=O) groups is 1. The number of ether oxygens (including phenoxy) is 2. The van der Waals surface area contributed by atoms with E-state index >= 15 is 0 Å². The van der Waals surface area contributed by atoms with E-state index in [0.717, 1.165) is 29.8 Å². The van der Waals surface area contributed by atoms with E-state index in [1.54, 1.807) is 31.4 Å². The number of alkyl halides is 2. The summed E-state index contributed by atoms with van der Waals surface area (Å²) < 4.78 is 34.3. The highest BCUT2D eigenvalue weighted by Gasteiger charge is 2.13. The number of hydrogen-bond acceptors (Lipinski definition) is 5. The highest BCUT2D eigenvalue weighted by atomic mass is 19.3. The molecule has 0 aliphatic heterocycles. The summed E-state index contributed by atoms with van der Waals surface area (Å²) in [6, 6.07) is 10.2. The molecule has 0 unspecified atom stereocenters. The first-order valence-corrected chi connectivity index (χ1v) is 7.71. The molecule has 0 saturated heterocycles. The Morgan fingerprint density at radius 1 is 1.26 bits per heavy atom. The van der Waals surface area contributed by atoms with Crippen molar-refractivity contribution in [3.8, 4) is 11.5 Å². The molecule has 0 saturated carbocycles. The zero-order valence-electron chi connectivity index (χ0n) is 14.2. The second-order valence-corrected chi connectivity index (χ2v) is 5.26. The molecule has 27 heavy (non-hydrogen) atoms. The van der Waals surface area contributed by atoms with Gasteiger partial charge in [0.25, 0.3) is 5.69 Å². The lowest BCUT2D eigenvalue weighted by Gasteiger charge is -2.08.